The molecular formula is C9H14O2. The molecule has 1 aliphatic heterocycles. The Bertz CT molecular complexity index is 152. The van der Waals surface area contributed by atoms with Crippen LogP contribution in [0.25, 0.3) is 0 Å². The van der Waals surface area contributed by atoms with E-state index < -0.39 is 0 Å². The van der Waals surface area contributed by atoms with E-state index in [1.807, 2.05) is 6.08 Å². The zero-order valence-corrected chi connectivity index (χ0v) is 6.71. The summed E-state index contributed by atoms with van der Waals surface area (Å²) in [6.45, 7) is 4.85. The Hall–Kier alpha value is -0.630. The van der Waals surface area contributed by atoms with Gasteiger partial charge in [0.15, 0.2) is 0 Å². The summed E-state index contributed by atoms with van der Waals surface area (Å²) in [5.41, 5.74) is 0. The zero-order valence-electron chi connectivity index (χ0n) is 6.71. The second-order valence-electron chi connectivity index (χ2n) is 2.85. The number of rotatable bonds is 3. The van der Waals surface area contributed by atoms with E-state index in [2.05, 4.69) is 6.58 Å². The number of allylic oxidation sites excluding steroid dienone is 1. The zero-order chi connectivity index (χ0) is 8.10. The molecule has 1 fully saturated rings. The van der Waals surface area contributed by atoms with Gasteiger partial charge < -0.3 is 4.74 Å². The highest BCUT2D eigenvalue weighted by molar-refractivity contribution is 5.81. The van der Waals surface area contributed by atoms with Crippen LogP contribution in [0.15, 0.2) is 12.7 Å². The second-order valence-corrected chi connectivity index (χ2v) is 2.85. The van der Waals surface area contributed by atoms with Crippen LogP contribution < -0.4 is 0 Å². The van der Waals surface area contributed by atoms with Crippen molar-refractivity contribution in [2.45, 2.75) is 19.3 Å². The third-order valence-corrected chi connectivity index (χ3v) is 1.99. The van der Waals surface area contributed by atoms with E-state index in [4.69, 9.17) is 4.74 Å². The molecule has 0 aromatic carbocycles. The molecular weight excluding hydrogens is 140 g/mol. The quantitative estimate of drug-likeness (QED) is 0.576. The molecule has 1 atom stereocenters. The van der Waals surface area contributed by atoms with Crippen LogP contribution in [0.1, 0.15) is 19.3 Å². The van der Waals surface area contributed by atoms with Crippen LogP contribution in [0.2, 0.25) is 0 Å². The van der Waals surface area contributed by atoms with Gasteiger partial charge >= 0.3 is 0 Å². The fourth-order valence-electron chi connectivity index (χ4n) is 1.26. The van der Waals surface area contributed by atoms with Crippen molar-refractivity contribution in [1.82, 2.24) is 0 Å². The summed E-state index contributed by atoms with van der Waals surface area (Å²) in [7, 11) is 0. The topological polar surface area (TPSA) is 26.3 Å². The predicted molar refractivity (Wildman–Crippen MR) is 43.4 cm³/mol. The maximum absolute atomic E-state index is 11.2. The molecule has 1 aliphatic rings. The Morgan fingerprint density at radius 3 is 3.18 bits per heavy atom. The Kier molecular flexibility index (Phi) is 3.30. The van der Waals surface area contributed by atoms with Crippen molar-refractivity contribution < 1.29 is 9.53 Å². The van der Waals surface area contributed by atoms with Gasteiger partial charge in [0, 0.05) is 12.3 Å². The number of Topliss-reactive ketones (excluding diaryl/α,β-unsaturated/α-hetero) is 1. The number of carbonyl (C=O) groups excluding carboxylic acids is 1. The molecule has 0 radical (unpaired) electrons. The maximum Gasteiger partial charge on any atom is 0.140 e. The van der Waals surface area contributed by atoms with E-state index in [1.165, 1.54) is 0 Å². The van der Waals surface area contributed by atoms with Gasteiger partial charge in [-0.3, -0.25) is 4.79 Å². The number of carbonyl (C=O) groups is 1. The highest BCUT2D eigenvalue weighted by Crippen LogP contribution is 2.15. The van der Waals surface area contributed by atoms with Gasteiger partial charge in [-0.1, -0.05) is 6.08 Å². The highest BCUT2D eigenvalue weighted by Gasteiger charge is 2.21. The van der Waals surface area contributed by atoms with Crippen molar-refractivity contribution in [3.8, 4) is 0 Å². The Morgan fingerprint density at radius 2 is 2.55 bits per heavy atom. The summed E-state index contributed by atoms with van der Waals surface area (Å²) in [5.74, 6) is 0.500. The average molecular weight is 154 g/mol. The fraction of sp³-hybridized carbons (Fsp3) is 0.667. The van der Waals surface area contributed by atoms with E-state index in [0.29, 0.717) is 25.4 Å². The van der Waals surface area contributed by atoms with Crippen molar-refractivity contribution in [3.63, 3.8) is 0 Å². The fourth-order valence-corrected chi connectivity index (χ4v) is 1.26. The predicted octanol–water partition coefficient (Wildman–Crippen LogP) is 1.56. The van der Waals surface area contributed by atoms with Crippen LogP contribution in [0.4, 0.5) is 0 Å². The average Bonchev–Trinajstić information content (AvgIpc) is 2.03. The number of ketones is 1. The molecule has 2 heteroatoms. The lowest BCUT2D eigenvalue weighted by Gasteiger charge is -2.19. The molecule has 1 unspecified atom stereocenters. The summed E-state index contributed by atoms with van der Waals surface area (Å²) >= 11 is 0. The SMILES string of the molecule is C=CCCC1COCCC1=O. The third-order valence-electron chi connectivity index (χ3n) is 1.99. The summed E-state index contributed by atoms with van der Waals surface area (Å²) < 4.78 is 5.19. The maximum atomic E-state index is 11.2. The first-order valence-electron chi connectivity index (χ1n) is 4.06. The van der Waals surface area contributed by atoms with Gasteiger partial charge in [-0.15, -0.1) is 6.58 Å². The first-order valence-corrected chi connectivity index (χ1v) is 4.06. The van der Waals surface area contributed by atoms with Crippen LogP contribution in [0, 0.1) is 5.92 Å². The van der Waals surface area contributed by atoms with Crippen molar-refractivity contribution in [3.05, 3.63) is 12.7 Å². The third kappa shape index (κ3) is 2.46. The largest absolute Gasteiger partial charge is 0.380 e. The summed E-state index contributed by atoms with van der Waals surface area (Å²) in [6.07, 6.45) is 4.27. The van der Waals surface area contributed by atoms with Crippen molar-refractivity contribution in [2.75, 3.05) is 13.2 Å². The van der Waals surface area contributed by atoms with E-state index in [-0.39, 0.29) is 5.92 Å². The molecule has 0 aliphatic carbocycles. The smallest absolute Gasteiger partial charge is 0.140 e. The second kappa shape index (κ2) is 4.29. The summed E-state index contributed by atoms with van der Waals surface area (Å²) in [4.78, 5) is 11.2. The van der Waals surface area contributed by atoms with Crippen LogP contribution in [0.3, 0.4) is 0 Å². The molecule has 0 spiro atoms. The van der Waals surface area contributed by atoms with Gasteiger partial charge in [0.2, 0.25) is 0 Å². The van der Waals surface area contributed by atoms with Crippen LogP contribution in [0.5, 0.6) is 0 Å². The Balaban J connectivity index is 2.29. The minimum absolute atomic E-state index is 0.141. The minimum Gasteiger partial charge on any atom is -0.380 e. The molecule has 11 heavy (non-hydrogen) atoms. The normalized spacial score (nSPS) is 25.1. The Morgan fingerprint density at radius 1 is 1.73 bits per heavy atom. The lowest BCUT2D eigenvalue weighted by Crippen LogP contribution is -2.27. The van der Waals surface area contributed by atoms with E-state index >= 15 is 0 Å². The molecule has 0 N–H and O–H groups in total. The summed E-state index contributed by atoms with van der Waals surface area (Å²) in [5, 5.41) is 0. The molecule has 1 saturated heterocycles. The monoisotopic (exact) mass is 154 g/mol. The van der Waals surface area contributed by atoms with Gasteiger partial charge in [0.05, 0.1) is 13.2 Å². The molecule has 1 rings (SSSR count). The molecule has 62 valence electrons. The molecule has 1 heterocycles. The van der Waals surface area contributed by atoms with Crippen molar-refractivity contribution in [2.24, 2.45) is 5.92 Å². The van der Waals surface area contributed by atoms with Gasteiger partial charge in [-0.25, -0.2) is 0 Å². The number of ether oxygens (including phenoxy) is 1. The van der Waals surface area contributed by atoms with Gasteiger partial charge in [-0.05, 0) is 12.8 Å². The molecule has 0 bridgehead atoms. The molecule has 0 amide bonds. The van der Waals surface area contributed by atoms with Crippen LogP contribution in [-0.4, -0.2) is 19.0 Å². The van der Waals surface area contributed by atoms with E-state index in [0.717, 1.165) is 12.8 Å². The van der Waals surface area contributed by atoms with Crippen molar-refractivity contribution >= 4 is 5.78 Å². The minimum atomic E-state index is 0.141. The van der Waals surface area contributed by atoms with Crippen LogP contribution >= 0.6 is 0 Å². The van der Waals surface area contributed by atoms with Crippen molar-refractivity contribution in [1.29, 1.82) is 0 Å². The summed E-state index contributed by atoms with van der Waals surface area (Å²) in [6, 6.07) is 0. The number of hydrogen-bond acceptors (Lipinski definition) is 2. The molecule has 0 aromatic heterocycles. The molecule has 0 aromatic rings. The highest BCUT2D eigenvalue weighted by atomic mass is 16.5. The number of hydrogen-bond donors (Lipinski definition) is 0. The molecule has 2 nitrogen and oxygen atoms in total. The van der Waals surface area contributed by atoms with Crippen LogP contribution in [-0.2, 0) is 9.53 Å². The van der Waals surface area contributed by atoms with Gasteiger partial charge in [0.25, 0.3) is 0 Å². The van der Waals surface area contributed by atoms with E-state index in [1.54, 1.807) is 0 Å². The van der Waals surface area contributed by atoms with Gasteiger partial charge in [-0.2, -0.15) is 0 Å². The lowest BCUT2D eigenvalue weighted by molar-refractivity contribution is -0.130. The first-order chi connectivity index (χ1) is 5.34. The van der Waals surface area contributed by atoms with E-state index in [9.17, 15) is 4.79 Å². The Labute approximate surface area is 67.2 Å². The lowest BCUT2D eigenvalue weighted by atomic mass is 9.95. The molecule has 0 saturated carbocycles. The van der Waals surface area contributed by atoms with Gasteiger partial charge in [0.1, 0.15) is 5.78 Å². The standard InChI is InChI=1S/C9H14O2/c1-2-3-4-8-7-11-6-5-9(8)10/h2,8H,1,3-7H2. The first kappa shape index (κ1) is 8.47.